The molecule has 1 aromatic heterocycles. The topological polar surface area (TPSA) is 73.3 Å². The molecular weight excluding hydrogens is 326 g/mol. The van der Waals surface area contributed by atoms with Crippen LogP contribution in [0.25, 0.3) is 0 Å². The monoisotopic (exact) mass is 337 g/mol. The van der Waals surface area contributed by atoms with E-state index in [2.05, 4.69) is 31.2 Å². The fourth-order valence-electron chi connectivity index (χ4n) is 1.49. The van der Waals surface area contributed by atoms with Gasteiger partial charge in [-0.25, -0.2) is 9.97 Å². The highest BCUT2D eigenvalue weighted by Gasteiger charge is 2.12. The molecule has 0 bridgehead atoms. The first kappa shape index (κ1) is 14.3. The number of nitrogens with zero attached hydrogens (tertiary/aromatic N) is 2. The second-order valence-corrected chi connectivity index (χ2v) is 4.61. The number of rotatable bonds is 4. The van der Waals surface area contributed by atoms with Crippen molar-refractivity contribution in [1.29, 1.82) is 0 Å². The third-order valence-corrected chi connectivity index (χ3v) is 3.18. The molecule has 7 heteroatoms. The zero-order valence-corrected chi connectivity index (χ0v) is 12.5. The second kappa shape index (κ2) is 6.33. The number of aromatic nitrogens is 2. The summed E-state index contributed by atoms with van der Waals surface area (Å²) in [6.07, 6.45) is 2.94. The Bertz CT molecular complexity index is 617. The highest BCUT2D eigenvalue weighted by Crippen LogP contribution is 2.23. The minimum absolute atomic E-state index is 0.241. The molecule has 0 unspecified atom stereocenters. The van der Waals surface area contributed by atoms with Gasteiger partial charge in [0.2, 0.25) is 0 Å². The summed E-state index contributed by atoms with van der Waals surface area (Å²) in [6, 6.07) is 5.39. The maximum Gasteiger partial charge on any atom is 0.316 e. The van der Waals surface area contributed by atoms with Gasteiger partial charge >= 0.3 is 6.01 Å². The van der Waals surface area contributed by atoms with Crippen LogP contribution in [0.5, 0.6) is 11.8 Å². The van der Waals surface area contributed by atoms with Crippen molar-refractivity contribution in [3.8, 4) is 11.8 Å². The predicted molar refractivity (Wildman–Crippen MR) is 77.2 cm³/mol. The normalized spacial score (nSPS) is 9.95. The maximum absolute atomic E-state index is 12.2. The van der Waals surface area contributed by atoms with Gasteiger partial charge in [0.15, 0.2) is 0 Å². The van der Waals surface area contributed by atoms with E-state index in [4.69, 9.17) is 9.47 Å². The van der Waals surface area contributed by atoms with Crippen LogP contribution in [0.2, 0.25) is 0 Å². The Kier molecular flexibility index (Phi) is 4.52. The lowest BCUT2D eigenvalue weighted by Gasteiger charge is -2.08. The number of carbonyl (C=O) groups is 1. The van der Waals surface area contributed by atoms with Crippen molar-refractivity contribution >= 4 is 27.5 Å². The van der Waals surface area contributed by atoms with Crippen LogP contribution >= 0.6 is 15.9 Å². The van der Waals surface area contributed by atoms with Crippen molar-refractivity contribution in [3.05, 3.63) is 40.6 Å². The van der Waals surface area contributed by atoms with Crippen molar-refractivity contribution in [2.24, 2.45) is 0 Å². The lowest BCUT2D eigenvalue weighted by Crippen LogP contribution is -2.13. The minimum atomic E-state index is -0.287. The Labute approximate surface area is 124 Å². The van der Waals surface area contributed by atoms with Crippen molar-refractivity contribution in [1.82, 2.24) is 9.97 Å². The number of amides is 1. The molecule has 1 heterocycles. The molecule has 1 N–H and O–H groups in total. The largest absolute Gasteiger partial charge is 0.497 e. The maximum atomic E-state index is 12.2. The predicted octanol–water partition coefficient (Wildman–Crippen LogP) is 2.51. The molecule has 2 aromatic rings. The number of hydrogen-bond acceptors (Lipinski definition) is 5. The first-order valence-corrected chi connectivity index (χ1v) is 6.44. The van der Waals surface area contributed by atoms with E-state index in [-0.39, 0.29) is 11.9 Å². The molecule has 1 aromatic carbocycles. The Morgan fingerprint density at radius 3 is 2.50 bits per heavy atom. The fraction of sp³-hybridized carbons (Fsp3) is 0.154. The SMILES string of the molecule is COc1ccc(Br)c(C(=O)Nc2cnc(OC)nc2)c1. The zero-order valence-electron chi connectivity index (χ0n) is 10.9. The summed E-state index contributed by atoms with van der Waals surface area (Å²) in [5.41, 5.74) is 0.936. The van der Waals surface area contributed by atoms with E-state index in [1.165, 1.54) is 19.5 Å². The average Bonchev–Trinajstić information content (AvgIpc) is 2.48. The quantitative estimate of drug-likeness (QED) is 0.927. The van der Waals surface area contributed by atoms with Gasteiger partial charge in [-0.15, -0.1) is 0 Å². The van der Waals surface area contributed by atoms with Crippen LogP contribution < -0.4 is 14.8 Å². The van der Waals surface area contributed by atoms with E-state index in [1.54, 1.807) is 25.3 Å². The van der Waals surface area contributed by atoms with Gasteiger partial charge in [0.05, 0.1) is 37.9 Å². The molecule has 20 heavy (non-hydrogen) atoms. The van der Waals surface area contributed by atoms with Crippen LogP contribution in [0.1, 0.15) is 10.4 Å². The molecule has 6 nitrogen and oxygen atoms in total. The number of nitrogens with one attached hydrogen (secondary N) is 1. The lowest BCUT2D eigenvalue weighted by atomic mass is 10.2. The van der Waals surface area contributed by atoms with Gasteiger partial charge < -0.3 is 14.8 Å². The first-order valence-electron chi connectivity index (χ1n) is 5.65. The van der Waals surface area contributed by atoms with E-state index in [1.807, 2.05) is 0 Å². The van der Waals surface area contributed by atoms with Gasteiger partial charge in [0.1, 0.15) is 5.75 Å². The molecule has 2 rings (SSSR count). The van der Waals surface area contributed by atoms with Crippen LogP contribution in [-0.4, -0.2) is 30.1 Å². The van der Waals surface area contributed by atoms with Gasteiger partial charge in [0.25, 0.3) is 5.91 Å². The Hall–Kier alpha value is -2.15. The summed E-state index contributed by atoms with van der Waals surface area (Å²) in [5.74, 6) is 0.314. The van der Waals surface area contributed by atoms with E-state index >= 15 is 0 Å². The molecular formula is C13H12BrN3O3. The van der Waals surface area contributed by atoms with Crippen LogP contribution in [0.15, 0.2) is 35.1 Å². The van der Waals surface area contributed by atoms with Gasteiger partial charge in [-0.2, -0.15) is 0 Å². The summed E-state index contributed by atoms with van der Waals surface area (Å²) >= 11 is 3.33. The van der Waals surface area contributed by atoms with Crippen molar-refractivity contribution < 1.29 is 14.3 Å². The Morgan fingerprint density at radius 2 is 1.90 bits per heavy atom. The smallest absolute Gasteiger partial charge is 0.316 e. The number of halogens is 1. The third-order valence-electron chi connectivity index (χ3n) is 2.49. The molecule has 0 atom stereocenters. The number of anilines is 1. The summed E-state index contributed by atoms with van der Waals surface area (Å²) in [7, 11) is 3.02. The Morgan fingerprint density at radius 1 is 1.20 bits per heavy atom. The van der Waals surface area contributed by atoms with Crippen molar-refractivity contribution in [2.45, 2.75) is 0 Å². The lowest BCUT2D eigenvalue weighted by molar-refractivity contribution is 0.102. The van der Waals surface area contributed by atoms with Crippen LogP contribution in [0.3, 0.4) is 0 Å². The molecule has 0 aliphatic carbocycles. The summed E-state index contributed by atoms with van der Waals surface area (Å²) < 4.78 is 10.6. The van der Waals surface area contributed by atoms with Gasteiger partial charge in [-0.1, -0.05) is 0 Å². The van der Waals surface area contributed by atoms with E-state index < -0.39 is 0 Å². The number of benzene rings is 1. The number of methoxy groups -OCH3 is 2. The first-order chi connectivity index (χ1) is 9.63. The molecule has 0 saturated carbocycles. The van der Waals surface area contributed by atoms with Gasteiger partial charge in [-0.3, -0.25) is 4.79 Å². The molecule has 0 spiro atoms. The highest BCUT2D eigenvalue weighted by molar-refractivity contribution is 9.10. The summed E-state index contributed by atoms with van der Waals surface area (Å²) in [4.78, 5) is 20.0. The van der Waals surface area contributed by atoms with Crippen molar-refractivity contribution in [3.63, 3.8) is 0 Å². The van der Waals surface area contributed by atoms with E-state index in [0.29, 0.717) is 21.5 Å². The van der Waals surface area contributed by atoms with Crippen molar-refractivity contribution in [2.75, 3.05) is 19.5 Å². The standard InChI is InChI=1S/C13H12BrN3O3/c1-19-9-3-4-11(14)10(5-9)12(18)17-8-6-15-13(20-2)16-7-8/h3-7H,1-2H3,(H,17,18). The molecule has 0 radical (unpaired) electrons. The third kappa shape index (κ3) is 3.24. The van der Waals surface area contributed by atoms with Gasteiger partial charge in [0, 0.05) is 4.47 Å². The minimum Gasteiger partial charge on any atom is -0.497 e. The van der Waals surface area contributed by atoms with E-state index in [0.717, 1.165) is 0 Å². The Balaban J connectivity index is 2.18. The zero-order chi connectivity index (χ0) is 14.5. The second-order valence-electron chi connectivity index (χ2n) is 3.76. The molecule has 104 valence electrons. The number of carbonyl (C=O) groups excluding carboxylic acids is 1. The molecule has 0 fully saturated rings. The van der Waals surface area contributed by atoms with Gasteiger partial charge in [-0.05, 0) is 34.1 Å². The number of hydrogen-bond donors (Lipinski definition) is 1. The van der Waals surface area contributed by atoms with Crippen LogP contribution in [0, 0.1) is 0 Å². The summed E-state index contributed by atoms with van der Waals surface area (Å²) in [5, 5.41) is 2.70. The fourth-order valence-corrected chi connectivity index (χ4v) is 1.92. The molecule has 0 saturated heterocycles. The highest BCUT2D eigenvalue weighted by atomic mass is 79.9. The number of ether oxygens (including phenoxy) is 2. The van der Waals surface area contributed by atoms with E-state index in [9.17, 15) is 4.79 Å². The molecule has 0 aliphatic rings. The van der Waals surface area contributed by atoms with Crippen LogP contribution in [-0.2, 0) is 0 Å². The molecule has 1 amide bonds. The molecule has 0 aliphatic heterocycles. The summed E-state index contributed by atoms with van der Waals surface area (Å²) in [6.45, 7) is 0. The average molecular weight is 338 g/mol. The van der Waals surface area contributed by atoms with Crippen LogP contribution in [0.4, 0.5) is 5.69 Å².